The van der Waals surface area contributed by atoms with Crippen molar-refractivity contribution in [2.75, 3.05) is 38.5 Å². The minimum absolute atomic E-state index is 1.06. The smallest absolute Gasteiger partial charge is 0.164 e. The van der Waals surface area contributed by atoms with Crippen molar-refractivity contribution in [3.8, 4) is 0 Å². The summed E-state index contributed by atoms with van der Waals surface area (Å²) in [5.41, 5.74) is 1.06. The molecule has 0 bridgehead atoms. The summed E-state index contributed by atoms with van der Waals surface area (Å²) in [6.07, 6.45) is 2.59. The molecule has 1 aromatic rings. The van der Waals surface area contributed by atoms with Crippen LogP contribution in [-0.4, -0.2) is 53.4 Å². The van der Waals surface area contributed by atoms with E-state index in [9.17, 15) is 0 Å². The van der Waals surface area contributed by atoms with Crippen molar-refractivity contribution in [3.63, 3.8) is 0 Å². The summed E-state index contributed by atoms with van der Waals surface area (Å²) in [4.78, 5) is 9.79. The van der Waals surface area contributed by atoms with E-state index in [0.29, 0.717) is 0 Å². The van der Waals surface area contributed by atoms with E-state index in [0.717, 1.165) is 44.2 Å². The van der Waals surface area contributed by atoms with E-state index in [1.54, 1.807) is 0 Å². The Labute approximate surface area is 133 Å². The topological polar surface area (TPSA) is 18.8 Å². The number of likely N-dealkylation sites (tertiary alicyclic amines) is 1. The quantitative estimate of drug-likeness (QED) is 0.588. The Morgan fingerprint density at radius 1 is 1.14 bits per heavy atom. The van der Waals surface area contributed by atoms with Gasteiger partial charge in [-0.3, -0.25) is 0 Å². The monoisotopic (exact) mass is 305 g/mol. The molecule has 0 saturated carbocycles. The summed E-state index contributed by atoms with van der Waals surface area (Å²) in [7, 11) is 0. The summed E-state index contributed by atoms with van der Waals surface area (Å²) in [5, 5.41) is 1.20. The molecular weight excluding hydrogens is 278 g/mol. The summed E-state index contributed by atoms with van der Waals surface area (Å²) in [6.45, 7) is 10.2. The van der Waals surface area contributed by atoms with Crippen LogP contribution in [0.4, 0.5) is 5.69 Å². The first kappa shape index (κ1) is 16.4. The third-order valence-corrected chi connectivity index (χ3v) is 4.89. The number of benzene rings is 1. The fraction of sp³-hybridized carbons (Fsp3) is 0.588. The molecule has 1 aromatic carbocycles. The molecule has 1 fully saturated rings. The van der Waals surface area contributed by atoms with E-state index in [1.807, 2.05) is 17.8 Å². The molecule has 116 valence electrons. The highest BCUT2D eigenvalue weighted by Gasteiger charge is 2.17. The number of amidine groups is 1. The first-order valence-electron chi connectivity index (χ1n) is 8.07. The zero-order chi connectivity index (χ0) is 14.9. The lowest BCUT2D eigenvalue weighted by Gasteiger charge is -2.22. The molecule has 3 nitrogen and oxygen atoms in total. The summed E-state index contributed by atoms with van der Waals surface area (Å²) in [6, 6.07) is 10.3. The van der Waals surface area contributed by atoms with Crippen LogP contribution in [0.3, 0.4) is 0 Å². The predicted molar refractivity (Wildman–Crippen MR) is 94.6 cm³/mol. The third kappa shape index (κ3) is 5.36. The van der Waals surface area contributed by atoms with E-state index >= 15 is 0 Å². The lowest BCUT2D eigenvalue weighted by atomic mass is 10.3. The molecule has 0 amide bonds. The molecule has 4 heteroatoms. The van der Waals surface area contributed by atoms with E-state index in [2.05, 4.69) is 47.9 Å². The van der Waals surface area contributed by atoms with Crippen LogP contribution in [0, 0.1) is 0 Å². The van der Waals surface area contributed by atoms with E-state index in [4.69, 9.17) is 4.99 Å². The molecule has 2 rings (SSSR count). The maximum Gasteiger partial charge on any atom is 0.164 e. The molecule has 0 spiro atoms. The molecule has 0 aliphatic carbocycles. The van der Waals surface area contributed by atoms with Crippen molar-refractivity contribution in [1.29, 1.82) is 0 Å². The number of rotatable bonds is 6. The van der Waals surface area contributed by atoms with Crippen molar-refractivity contribution >= 4 is 22.6 Å². The molecular formula is C17H27N3S. The SMILES string of the molecule is CCN(CC)CCSC(=Nc1ccccc1)N1CCCC1. The standard InChI is InChI=1S/C17H27N3S/c1-3-19(4-2)14-15-21-17(20-12-8-9-13-20)18-16-10-6-5-7-11-16/h5-7,10-11H,3-4,8-9,12-15H2,1-2H3. The number of thioether (sulfide) groups is 1. The van der Waals surface area contributed by atoms with Crippen LogP contribution < -0.4 is 0 Å². The largest absolute Gasteiger partial charge is 0.351 e. The van der Waals surface area contributed by atoms with Crippen molar-refractivity contribution in [1.82, 2.24) is 9.80 Å². The molecule has 0 atom stereocenters. The Bertz CT molecular complexity index is 423. The van der Waals surface area contributed by atoms with Gasteiger partial charge in [-0.1, -0.05) is 43.8 Å². The van der Waals surface area contributed by atoms with Gasteiger partial charge in [-0.05, 0) is 38.1 Å². The van der Waals surface area contributed by atoms with Gasteiger partial charge < -0.3 is 9.80 Å². The first-order chi connectivity index (χ1) is 10.3. The molecule has 1 saturated heterocycles. The van der Waals surface area contributed by atoms with E-state index in [-0.39, 0.29) is 0 Å². The highest BCUT2D eigenvalue weighted by atomic mass is 32.2. The predicted octanol–water partition coefficient (Wildman–Crippen LogP) is 3.84. The van der Waals surface area contributed by atoms with Gasteiger partial charge in [0.2, 0.25) is 0 Å². The molecule has 1 aliphatic heterocycles. The summed E-state index contributed by atoms with van der Waals surface area (Å²) < 4.78 is 0. The Hall–Kier alpha value is -1.00. The molecule has 0 radical (unpaired) electrons. The fourth-order valence-corrected chi connectivity index (χ4v) is 3.59. The van der Waals surface area contributed by atoms with Gasteiger partial charge in [0.05, 0.1) is 5.69 Å². The molecule has 0 aromatic heterocycles. The Morgan fingerprint density at radius 2 is 1.81 bits per heavy atom. The Balaban J connectivity index is 1.97. The first-order valence-corrected chi connectivity index (χ1v) is 9.06. The molecule has 1 aliphatic rings. The second-order valence-electron chi connectivity index (χ2n) is 5.30. The van der Waals surface area contributed by atoms with E-state index < -0.39 is 0 Å². The van der Waals surface area contributed by atoms with Crippen molar-refractivity contribution in [2.45, 2.75) is 26.7 Å². The number of hydrogen-bond acceptors (Lipinski definition) is 3. The van der Waals surface area contributed by atoms with Crippen LogP contribution in [0.15, 0.2) is 35.3 Å². The van der Waals surface area contributed by atoms with E-state index in [1.165, 1.54) is 18.0 Å². The normalized spacial score (nSPS) is 16.0. The number of aliphatic imine (C=N–C) groups is 1. The van der Waals surface area contributed by atoms with Gasteiger partial charge in [-0.25, -0.2) is 4.99 Å². The second kappa shape index (κ2) is 9.11. The third-order valence-electron chi connectivity index (χ3n) is 3.89. The number of hydrogen-bond donors (Lipinski definition) is 0. The zero-order valence-electron chi connectivity index (χ0n) is 13.3. The maximum atomic E-state index is 4.88. The van der Waals surface area contributed by atoms with Gasteiger partial charge in [0.15, 0.2) is 5.17 Å². The van der Waals surface area contributed by atoms with Gasteiger partial charge in [0.25, 0.3) is 0 Å². The van der Waals surface area contributed by atoms with Gasteiger partial charge in [-0.15, -0.1) is 0 Å². The average Bonchev–Trinajstić information content (AvgIpc) is 3.06. The molecule has 0 N–H and O–H groups in total. The van der Waals surface area contributed by atoms with Crippen LogP contribution in [0.5, 0.6) is 0 Å². The average molecular weight is 305 g/mol. The van der Waals surface area contributed by atoms with Gasteiger partial charge >= 0.3 is 0 Å². The lowest BCUT2D eigenvalue weighted by Crippen LogP contribution is -2.29. The zero-order valence-corrected chi connectivity index (χ0v) is 14.1. The van der Waals surface area contributed by atoms with Crippen molar-refractivity contribution in [2.24, 2.45) is 4.99 Å². The number of nitrogens with zero attached hydrogens (tertiary/aromatic N) is 3. The second-order valence-corrected chi connectivity index (χ2v) is 6.36. The summed E-state index contributed by atoms with van der Waals surface area (Å²) >= 11 is 1.91. The highest BCUT2D eigenvalue weighted by molar-refractivity contribution is 8.13. The Morgan fingerprint density at radius 3 is 2.43 bits per heavy atom. The molecule has 1 heterocycles. The maximum absolute atomic E-state index is 4.88. The van der Waals surface area contributed by atoms with Gasteiger partial charge in [0.1, 0.15) is 0 Å². The fourth-order valence-electron chi connectivity index (χ4n) is 2.52. The minimum atomic E-state index is 1.06. The lowest BCUT2D eigenvalue weighted by molar-refractivity contribution is 0.324. The summed E-state index contributed by atoms with van der Waals surface area (Å²) in [5.74, 6) is 1.11. The van der Waals surface area contributed by atoms with Crippen molar-refractivity contribution in [3.05, 3.63) is 30.3 Å². The minimum Gasteiger partial charge on any atom is -0.351 e. The van der Waals surface area contributed by atoms with Crippen LogP contribution in [0.1, 0.15) is 26.7 Å². The highest BCUT2D eigenvalue weighted by Crippen LogP contribution is 2.21. The Kier molecular flexibility index (Phi) is 7.10. The van der Waals surface area contributed by atoms with Crippen LogP contribution in [0.2, 0.25) is 0 Å². The van der Waals surface area contributed by atoms with Gasteiger partial charge in [-0.2, -0.15) is 0 Å². The number of para-hydroxylation sites is 1. The van der Waals surface area contributed by atoms with Crippen LogP contribution >= 0.6 is 11.8 Å². The van der Waals surface area contributed by atoms with Crippen LogP contribution in [0.25, 0.3) is 0 Å². The van der Waals surface area contributed by atoms with Crippen LogP contribution in [-0.2, 0) is 0 Å². The molecule has 21 heavy (non-hydrogen) atoms. The molecule has 0 unspecified atom stereocenters. The van der Waals surface area contributed by atoms with Crippen molar-refractivity contribution < 1.29 is 0 Å². The van der Waals surface area contributed by atoms with Gasteiger partial charge in [0, 0.05) is 25.4 Å².